The zero-order valence-corrected chi connectivity index (χ0v) is 16.2. The Morgan fingerprint density at radius 1 is 1.07 bits per heavy atom. The number of para-hydroxylation sites is 1. The molecule has 1 saturated heterocycles. The molecule has 1 aliphatic heterocycles. The van der Waals surface area contributed by atoms with Gasteiger partial charge in [0.25, 0.3) is 5.91 Å². The Bertz CT molecular complexity index is 970. The summed E-state index contributed by atoms with van der Waals surface area (Å²) in [5.41, 5.74) is 2.37. The van der Waals surface area contributed by atoms with Gasteiger partial charge in [0.15, 0.2) is 0 Å². The Hall–Kier alpha value is -2.99. The standard InChI is InChI=1S/C22H21N3O2S/c26-19-12-7-14-25(19)15-13-18-24-20(16-8-3-1-4-9-16)21(28-18)22(27)23-17-10-5-2-6-11-17/h1-6,8-11H,7,12-15H2,(H,23,27). The average Bonchev–Trinajstić information content (AvgIpc) is 3.34. The molecule has 3 aromatic rings. The van der Waals surface area contributed by atoms with Crippen molar-refractivity contribution in [3.8, 4) is 11.3 Å². The van der Waals surface area contributed by atoms with Crippen LogP contribution < -0.4 is 5.32 Å². The number of carbonyl (C=O) groups excluding carboxylic acids is 2. The second-order valence-corrected chi connectivity index (χ2v) is 7.79. The second-order valence-electron chi connectivity index (χ2n) is 6.71. The van der Waals surface area contributed by atoms with Crippen LogP contribution in [0.1, 0.15) is 27.5 Å². The van der Waals surface area contributed by atoms with E-state index < -0.39 is 0 Å². The highest BCUT2D eigenvalue weighted by Crippen LogP contribution is 2.29. The fourth-order valence-corrected chi connectivity index (χ4v) is 4.27. The average molecular weight is 391 g/mol. The molecule has 0 radical (unpaired) electrons. The highest BCUT2D eigenvalue weighted by Gasteiger charge is 2.22. The van der Waals surface area contributed by atoms with Crippen molar-refractivity contribution >= 4 is 28.8 Å². The van der Waals surface area contributed by atoms with Gasteiger partial charge in [0.1, 0.15) is 4.88 Å². The van der Waals surface area contributed by atoms with Gasteiger partial charge in [-0.2, -0.15) is 0 Å². The number of benzene rings is 2. The number of aromatic nitrogens is 1. The van der Waals surface area contributed by atoms with Crippen LogP contribution in [-0.2, 0) is 11.2 Å². The van der Waals surface area contributed by atoms with Gasteiger partial charge >= 0.3 is 0 Å². The third kappa shape index (κ3) is 4.12. The first-order valence-electron chi connectivity index (χ1n) is 9.40. The summed E-state index contributed by atoms with van der Waals surface area (Å²) in [4.78, 5) is 32.0. The van der Waals surface area contributed by atoms with Gasteiger partial charge in [-0.15, -0.1) is 11.3 Å². The molecular formula is C22H21N3O2S. The van der Waals surface area contributed by atoms with Crippen molar-refractivity contribution in [2.45, 2.75) is 19.3 Å². The van der Waals surface area contributed by atoms with Gasteiger partial charge in [-0.3, -0.25) is 9.59 Å². The lowest BCUT2D eigenvalue weighted by Gasteiger charge is -2.13. The SMILES string of the molecule is O=C(Nc1ccccc1)c1sc(CCN2CCCC2=O)nc1-c1ccccc1. The predicted octanol–water partition coefficient (Wildman–Crippen LogP) is 4.23. The van der Waals surface area contributed by atoms with Crippen molar-refractivity contribution in [3.63, 3.8) is 0 Å². The number of nitrogens with zero attached hydrogens (tertiary/aromatic N) is 2. The minimum atomic E-state index is -0.161. The lowest BCUT2D eigenvalue weighted by molar-refractivity contribution is -0.127. The Morgan fingerprint density at radius 2 is 1.79 bits per heavy atom. The fraction of sp³-hybridized carbons (Fsp3) is 0.227. The molecule has 0 unspecified atom stereocenters. The van der Waals surface area contributed by atoms with Crippen LogP contribution in [0.4, 0.5) is 5.69 Å². The number of hydrogen-bond donors (Lipinski definition) is 1. The van der Waals surface area contributed by atoms with Crippen LogP contribution in [0, 0.1) is 0 Å². The molecule has 0 atom stereocenters. The van der Waals surface area contributed by atoms with Crippen LogP contribution in [0.15, 0.2) is 60.7 Å². The summed E-state index contributed by atoms with van der Waals surface area (Å²) in [6.07, 6.45) is 2.23. The minimum absolute atomic E-state index is 0.161. The molecular weight excluding hydrogens is 370 g/mol. The first kappa shape index (κ1) is 18.4. The van der Waals surface area contributed by atoms with E-state index in [1.165, 1.54) is 11.3 Å². The third-order valence-electron chi connectivity index (χ3n) is 4.72. The molecule has 0 bridgehead atoms. The van der Waals surface area contributed by atoms with Crippen molar-refractivity contribution in [2.75, 3.05) is 18.4 Å². The Labute approximate surface area is 168 Å². The molecule has 142 valence electrons. The minimum Gasteiger partial charge on any atom is -0.342 e. The zero-order chi connectivity index (χ0) is 19.3. The maximum absolute atomic E-state index is 12.9. The molecule has 2 aromatic carbocycles. The van der Waals surface area contributed by atoms with E-state index >= 15 is 0 Å². The van der Waals surface area contributed by atoms with E-state index in [4.69, 9.17) is 4.98 Å². The number of thiazole rings is 1. The molecule has 4 rings (SSSR count). The summed E-state index contributed by atoms with van der Waals surface area (Å²) in [5, 5.41) is 3.82. The van der Waals surface area contributed by atoms with Gasteiger partial charge in [-0.05, 0) is 18.6 Å². The van der Waals surface area contributed by atoms with E-state index in [1.807, 2.05) is 65.6 Å². The molecule has 2 heterocycles. The van der Waals surface area contributed by atoms with Crippen LogP contribution in [0.2, 0.25) is 0 Å². The number of anilines is 1. The zero-order valence-electron chi connectivity index (χ0n) is 15.4. The van der Waals surface area contributed by atoms with Gasteiger partial charge in [0.2, 0.25) is 5.91 Å². The summed E-state index contributed by atoms with van der Waals surface area (Å²) in [6.45, 7) is 1.47. The molecule has 1 aliphatic rings. The summed E-state index contributed by atoms with van der Waals surface area (Å²) in [6, 6.07) is 19.2. The number of hydrogen-bond acceptors (Lipinski definition) is 4. The van der Waals surface area contributed by atoms with Crippen molar-refractivity contribution in [2.24, 2.45) is 0 Å². The van der Waals surface area contributed by atoms with Crippen LogP contribution in [0.25, 0.3) is 11.3 Å². The number of rotatable bonds is 6. The predicted molar refractivity (Wildman–Crippen MR) is 111 cm³/mol. The molecule has 1 N–H and O–H groups in total. The van der Waals surface area contributed by atoms with Crippen LogP contribution in [-0.4, -0.2) is 34.8 Å². The van der Waals surface area contributed by atoms with E-state index in [1.54, 1.807) is 0 Å². The van der Waals surface area contributed by atoms with Crippen LogP contribution in [0.3, 0.4) is 0 Å². The van der Waals surface area contributed by atoms with E-state index in [-0.39, 0.29) is 11.8 Å². The fourth-order valence-electron chi connectivity index (χ4n) is 3.30. The topological polar surface area (TPSA) is 62.3 Å². The number of likely N-dealkylation sites (tertiary alicyclic amines) is 1. The highest BCUT2D eigenvalue weighted by atomic mass is 32.1. The third-order valence-corrected chi connectivity index (χ3v) is 5.84. The maximum atomic E-state index is 12.9. The monoisotopic (exact) mass is 391 g/mol. The normalized spacial score (nSPS) is 13.7. The number of amides is 2. The molecule has 5 nitrogen and oxygen atoms in total. The second kappa shape index (κ2) is 8.35. The van der Waals surface area contributed by atoms with Gasteiger partial charge in [0.05, 0.1) is 10.7 Å². The van der Waals surface area contributed by atoms with Crippen molar-refractivity contribution < 1.29 is 9.59 Å². The molecule has 0 saturated carbocycles. The van der Waals surface area contributed by atoms with E-state index in [0.29, 0.717) is 30.0 Å². The van der Waals surface area contributed by atoms with Crippen LogP contribution in [0.5, 0.6) is 0 Å². The molecule has 1 fully saturated rings. The summed E-state index contributed by atoms with van der Waals surface area (Å²) < 4.78 is 0. The maximum Gasteiger partial charge on any atom is 0.268 e. The smallest absolute Gasteiger partial charge is 0.268 e. The lowest BCUT2D eigenvalue weighted by Crippen LogP contribution is -2.26. The molecule has 6 heteroatoms. The number of carbonyl (C=O) groups is 2. The van der Waals surface area contributed by atoms with E-state index in [0.717, 1.165) is 29.2 Å². The summed E-state index contributed by atoms with van der Waals surface area (Å²) in [7, 11) is 0. The first-order chi connectivity index (χ1) is 13.7. The largest absolute Gasteiger partial charge is 0.342 e. The first-order valence-corrected chi connectivity index (χ1v) is 10.2. The molecule has 0 aliphatic carbocycles. The number of nitrogens with one attached hydrogen (secondary N) is 1. The quantitative estimate of drug-likeness (QED) is 0.684. The lowest BCUT2D eigenvalue weighted by atomic mass is 10.1. The summed E-state index contributed by atoms with van der Waals surface area (Å²) in [5.74, 6) is 0.0490. The summed E-state index contributed by atoms with van der Waals surface area (Å²) >= 11 is 1.41. The molecule has 0 spiro atoms. The molecule has 1 aromatic heterocycles. The van der Waals surface area contributed by atoms with E-state index in [9.17, 15) is 9.59 Å². The Morgan fingerprint density at radius 3 is 2.46 bits per heavy atom. The van der Waals surface area contributed by atoms with Crippen LogP contribution >= 0.6 is 11.3 Å². The van der Waals surface area contributed by atoms with Gasteiger partial charge in [-0.25, -0.2) is 4.98 Å². The van der Waals surface area contributed by atoms with Gasteiger partial charge < -0.3 is 10.2 Å². The van der Waals surface area contributed by atoms with Gasteiger partial charge in [0, 0.05) is 37.2 Å². The Balaban J connectivity index is 1.58. The molecule has 28 heavy (non-hydrogen) atoms. The Kier molecular flexibility index (Phi) is 5.48. The van der Waals surface area contributed by atoms with E-state index in [2.05, 4.69) is 5.32 Å². The van der Waals surface area contributed by atoms with Crippen molar-refractivity contribution in [3.05, 3.63) is 70.5 Å². The van der Waals surface area contributed by atoms with Crippen molar-refractivity contribution in [1.29, 1.82) is 0 Å². The molecule has 2 amide bonds. The highest BCUT2D eigenvalue weighted by molar-refractivity contribution is 7.14. The van der Waals surface area contributed by atoms with Gasteiger partial charge in [-0.1, -0.05) is 48.5 Å². The van der Waals surface area contributed by atoms with Crippen molar-refractivity contribution in [1.82, 2.24) is 9.88 Å².